The van der Waals surface area contributed by atoms with Crippen molar-refractivity contribution in [1.29, 1.82) is 0 Å². The molecule has 0 bridgehead atoms. The number of carbonyl (C=O) groups excluding carboxylic acids is 1. The van der Waals surface area contributed by atoms with Gasteiger partial charge in [0, 0.05) is 12.6 Å². The lowest BCUT2D eigenvalue weighted by Gasteiger charge is -2.27. The van der Waals surface area contributed by atoms with E-state index >= 15 is 0 Å². The third kappa shape index (κ3) is 4.17. The topological polar surface area (TPSA) is 61.0 Å². The number of nitrogens with one attached hydrogen (secondary N) is 2. The van der Waals surface area contributed by atoms with Gasteiger partial charge in [-0.1, -0.05) is 49.2 Å². The molecule has 3 rings (SSSR count). The third-order valence-corrected chi connectivity index (χ3v) is 4.67. The van der Waals surface area contributed by atoms with Crippen molar-refractivity contribution >= 4 is 5.91 Å². The molecule has 1 saturated carbocycles. The second-order valence-electron chi connectivity index (χ2n) is 6.95. The van der Waals surface area contributed by atoms with Crippen LogP contribution in [0.4, 0.5) is 0 Å². The zero-order valence-electron chi connectivity index (χ0n) is 15.0. The molecule has 1 aliphatic rings. The molecule has 0 atom stereocenters. The number of likely N-dealkylation sites (N-methyl/N-ethyl adjacent to an activating group) is 1. The summed E-state index contributed by atoms with van der Waals surface area (Å²) in [5.74, 6) is 0.805. The normalized spacial score (nSPS) is 16.6. The van der Waals surface area contributed by atoms with Crippen LogP contribution in [0.5, 0.6) is 0 Å². The van der Waals surface area contributed by atoms with Crippen LogP contribution in [-0.2, 0) is 10.3 Å². The Morgan fingerprint density at radius 1 is 1.28 bits per heavy atom. The molecule has 2 aromatic rings. The van der Waals surface area contributed by atoms with Crippen molar-refractivity contribution in [3.63, 3.8) is 0 Å². The molecule has 0 saturated heterocycles. The quantitative estimate of drug-likeness (QED) is 0.796. The van der Waals surface area contributed by atoms with Crippen LogP contribution in [0.15, 0.2) is 48.7 Å². The van der Waals surface area contributed by atoms with Gasteiger partial charge in [0.1, 0.15) is 5.82 Å². The lowest BCUT2D eigenvalue weighted by molar-refractivity contribution is -0.118. The number of rotatable bonds is 6. The summed E-state index contributed by atoms with van der Waals surface area (Å²) < 4.78 is 0. The number of imidazole rings is 1. The minimum Gasteiger partial charge on any atom is -0.340 e. The predicted octanol–water partition coefficient (Wildman–Crippen LogP) is 3.08. The van der Waals surface area contributed by atoms with Crippen molar-refractivity contribution in [3.05, 3.63) is 54.5 Å². The molecular weight excluding hydrogens is 312 g/mol. The zero-order chi connectivity index (χ0) is 17.7. The number of aromatic nitrogens is 2. The highest BCUT2D eigenvalue weighted by molar-refractivity contribution is 5.88. The summed E-state index contributed by atoms with van der Waals surface area (Å²) >= 11 is 0. The molecular formula is C20H26N4O. The lowest BCUT2D eigenvalue weighted by Crippen LogP contribution is -2.44. The molecule has 5 nitrogen and oxygen atoms in total. The van der Waals surface area contributed by atoms with E-state index in [1.807, 2.05) is 49.5 Å². The van der Waals surface area contributed by atoms with Gasteiger partial charge in [0.25, 0.3) is 0 Å². The Hall–Kier alpha value is -2.40. The third-order valence-electron chi connectivity index (χ3n) is 4.67. The van der Waals surface area contributed by atoms with Gasteiger partial charge in [-0.05, 0) is 32.5 Å². The fourth-order valence-electron chi connectivity index (χ4n) is 3.38. The van der Waals surface area contributed by atoms with Gasteiger partial charge in [0.05, 0.1) is 17.4 Å². The van der Waals surface area contributed by atoms with Crippen molar-refractivity contribution in [2.45, 2.75) is 31.2 Å². The van der Waals surface area contributed by atoms with Gasteiger partial charge in [-0.25, -0.2) is 4.98 Å². The first kappa shape index (κ1) is 17.4. The molecule has 1 aliphatic carbocycles. The van der Waals surface area contributed by atoms with Crippen LogP contribution in [0, 0.1) is 0 Å². The fraction of sp³-hybridized carbons (Fsp3) is 0.400. The van der Waals surface area contributed by atoms with Gasteiger partial charge < -0.3 is 15.2 Å². The highest BCUT2D eigenvalue weighted by Gasteiger charge is 2.39. The maximum absolute atomic E-state index is 12.4. The summed E-state index contributed by atoms with van der Waals surface area (Å²) in [5.41, 5.74) is 1.71. The molecule has 132 valence electrons. The maximum atomic E-state index is 12.4. The predicted molar refractivity (Wildman–Crippen MR) is 100 cm³/mol. The number of H-pyrrole nitrogens is 1. The Morgan fingerprint density at radius 3 is 2.68 bits per heavy atom. The number of hydrogen-bond acceptors (Lipinski definition) is 3. The Kier molecular flexibility index (Phi) is 5.34. The molecule has 0 aliphatic heterocycles. The minimum absolute atomic E-state index is 0.0542. The molecule has 1 amide bonds. The average Bonchev–Trinajstić information content (AvgIpc) is 3.25. The van der Waals surface area contributed by atoms with E-state index in [4.69, 9.17) is 0 Å². The first-order chi connectivity index (χ1) is 12.1. The Bertz CT molecular complexity index is 727. The Balaban J connectivity index is 1.78. The van der Waals surface area contributed by atoms with Crippen molar-refractivity contribution in [2.75, 3.05) is 20.6 Å². The second kappa shape index (κ2) is 7.66. The molecule has 5 heteroatoms. The van der Waals surface area contributed by atoms with E-state index in [1.165, 1.54) is 0 Å². The van der Waals surface area contributed by atoms with Gasteiger partial charge in [-0.2, -0.15) is 0 Å². The van der Waals surface area contributed by atoms with Crippen LogP contribution < -0.4 is 5.32 Å². The molecule has 0 radical (unpaired) electrons. The number of hydrogen-bond donors (Lipinski definition) is 2. The van der Waals surface area contributed by atoms with Crippen LogP contribution >= 0.6 is 0 Å². The SMILES string of the molecule is CN(C)C/C=C/C(=O)NC1(c2ncc(-c3ccccc3)[nH]2)CCCC1. The highest BCUT2D eigenvalue weighted by Crippen LogP contribution is 2.38. The second-order valence-corrected chi connectivity index (χ2v) is 6.95. The van der Waals surface area contributed by atoms with Crippen molar-refractivity contribution in [1.82, 2.24) is 20.2 Å². The number of nitrogens with zero attached hydrogens (tertiary/aromatic N) is 2. The van der Waals surface area contributed by atoms with E-state index in [0.29, 0.717) is 0 Å². The van der Waals surface area contributed by atoms with Crippen LogP contribution in [0.3, 0.4) is 0 Å². The standard InChI is InChI=1S/C20H26N4O/c1-24(2)14-8-11-18(25)23-20(12-6-7-13-20)19-21-15-17(22-19)16-9-4-3-5-10-16/h3-5,8-11,15H,6-7,12-14H2,1-2H3,(H,21,22)(H,23,25)/b11-8+. The molecule has 1 aromatic carbocycles. The lowest BCUT2D eigenvalue weighted by atomic mass is 9.96. The summed E-state index contributed by atoms with van der Waals surface area (Å²) in [7, 11) is 3.96. The van der Waals surface area contributed by atoms with Crippen LogP contribution in [0.2, 0.25) is 0 Å². The van der Waals surface area contributed by atoms with E-state index in [-0.39, 0.29) is 11.4 Å². The number of amides is 1. The van der Waals surface area contributed by atoms with Gasteiger partial charge in [-0.3, -0.25) is 4.79 Å². The molecule has 1 fully saturated rings. The smallest absolute Gasteiger partial charge is 0.244 e. The number of aromatic amines is 1. The minimum atomic E-state index is -0.382. The molecule has 25 heavy (non-hydrogen) atoms. The van der Waals surface area contributed by atoms with Crippen molar-refractivity contribution in [2.24, 2.45) is 0 Å². The van der Waals surface area contributed by atoms with Crippen LogP contribution in [0.1, 0.15) is 31.5 Å². The fourth-order valence-corrected chi connectivity index (χ4v) is 3.38. The first-order valence-corrected chi connectivity index (χ1v) is 8.83. The first-order valence-electron chi connectivity index (χ1n) is 8.83. The largest absolute Gasteiger partial charge is 0.340 e. The number of carbonyl (C=O) groups is 1. The van der Waals surface area contributed by atoms with E-state index in [2.05, 4.69) is 27.4 Å². The van der Waals surface area contributed by atoms with Crippen LogP contribution in [0.25, 0.3) is 11.3 Å². The van der Waals surface area contributed by atoms with E-state index in [9.17, 15) is 4.79 Å². The Labute approximate surface area is 149 Å². The molecule has 2 N–H and O–H groups in total. The summed E-state index contributed by atoms with van der Waals surface area (Å²) in [6, 6.07) is 10.1. The van der Waals surface area contributed by atoms with Crippen LogP contribution in [-0.4, -0.2) is 41.4 Å². The summed E-state index contributed by atoms with van der Waals surface area (Å²) in [6.07, 6.45) is 9.41. The number of benzene rings is 1. The molecule has 1 heterocycles. The van der Waals surface area contributed by atoms with Gasteiger partial charge >= 0.3 is 0 Å². The van der Waals surface area contributed by atoms with E-state index < -0.39 is 0 Å². The van der Waals surface area contributed by atoms with Gasteiger partial charge in [0.2, 0.25) is 5.91 Å². The molecule has 0 spiro atoms. The maximum Gasteiger partial charge on any atom is 0.244 e. The van der Waals surface area contributed by atoms with E-state index in [1.54, 1.807) is 6.08 Å². The summed E-state index contributed by atoms with van der Waals surface area (Å²) in [4.78, 5) is 22.4. The van der Waals surface area contributed by atoms with Crippen molar-refractivity contribution in [3.8, 4) is 11.3 Å². The van der Waals surface area contributed by atoms with Gasteiger partial charge in [0.15, 0.2) is 0 Å². The van der Waals surface area contributed by atoms with Crippen molar-refractivity contribution < 1.29 is 4.79 Å². The van der Waals surface area contributed by atoms with Gasteiger partial charge in [-0.15, -0.1) is 0 Å². The Morgan fingerprint density at radius 2 is 2.00 bits per heavy atom. The highest BCUT2D eigenvalue weighted by atomic mass is 16.1. The zero-order valence-corrected chi connectivity index (χ0v) is 15.0. The molecule has 0 unspecified atom stereocenters. The molecule has 1 aromatic heterocycles. The monoisotopic (exact) mass is 338 g/mol. The summed E-state index contributed by atoms with van der Waals surface area (Å²) in [6.45, 7) is 0.749. The van der Waals surface area contributed by atoms with E-state index in [0.717, 1.165) is 49.3 Å². The average molecular weight is 338 g/mol. The summed E-state index contributed by atoms with van der Waals surface area (Å²) in [5, 5.41) is 3.21.